The number of benzene rings is 1. The van der Waals surface area contributed by atoms with Crippen molar-refractivity contribution in [3.8, 4) is 0 Å². The lowest BCUT2D eigenvalue weighted by atomic mass is 10.0. The van der Waals surface area contributed by atoms with Crippen LogP contribution in [0.5, 0.6) is 0 Å². The van der Waals surface area contributed by atoms with E-state index in [0.29, 0.717) is 12.1 Å². The van der Waals surface area contributed by atoms with Gasteiger partial charge >= 0.3 is 12.4 Å². The zero-order valence-corrected chi connectivity index (χ0v) is 10.4. The van der Waals surface area contributed by atoms with Gasteiger partial charge in [0, 0.05) is 5.56 Å². The summed E-state index contributed by atoms with van der Waals surface area (Å²) in [5.74, 6) is 0. The van der Waals surface area contributed by atoms with Crippen molar-refractivity contribution in [2.45, 2.75) is 18.9 Å². The van der Waals surface area contributed by atoms with Crippen molar-refractivity contribution in [2.24, 2.45) is 0 Å². The normalized spacial score (nSPS) is 12.5. The van der Waals surface area contributed by atoms with E-state index in [4.69, 9.17) is 0 Å². The highest BCUT2D eigenvalue weighted by Gasteiger charge is 2.37. The van der Waals surface area contributed by atoms with E-state index in [1.807, 2.05) is 0 Å². The standard InChI is InChI=1S/C13H9F6N2/c14-12(15,16)10-5-9(6-11(7-10)13(17,18)19)8-21-3-1-20-2-4-21/h1-7H,8H2/q+1. The molecule has 0 radical (unpaired) electrons. The summed E-state index contributed by atoms with van der Waals surface area (Å²) in [5, 5.41) is 0. The fourth-order valence-corrected chi connectivity index (χ4v) is 1.77. The molecule has 1 aromatic carbocycles. The van der Waals surface area contributed by atoms with Gasteiger partial charge in [-0.2, -0.15) is 30.9 Å². The molecule has 1 heterocycles. The lowest BCUT2D eigenvalue weighted by Gasteiger charge is -2.13. The van der Waals surface area contributed by atoms with Crippen LogP contribution in [0.2, 0.25) is 0 Å². The van der Waals surface area contributed by atoms with E-state index >= 15 is 0 Å². The average Bonchev–Trinajstić information content (AvgIpc) is 2.37. The predicted molar refractivity (Wildman–Crippen MR) is 60.0 cm³/mol. The summed E-state index contributed by atoms with van der Waals surface area (Å²) in [5.41, 5.74) is -2.72. The van der Waals surface area contributed by atoms with Crippen LogP contribution in [0.15, 0.2) is 43.0 Å². The Bertz CT molecular complexity index is 587. The van der Waals surface area contributed by atoms with Crippen LogP contribution < -0.4 is 4.57 Å². The molecule has 0 bridgehead atoms. The fourth-order valence-electron chi connectivity index (χ4n) is 1.77. The lowest BCUT2D eigenvalue weighted by Crippen LogP contribution is -2.33. The van der Waals surface area contributed by atoms with Gasteiger partial charge in [-0.05, 0) is 18.2 Å². The van der Waals surface area contributed by atoms with Gasteiger partial charge in [-0.3, -0.25) is 4.98 Å². The molecule has 2 nitrogen and oxygen atoms in total. The maximum absolute atomic E-state index is 12.7. The van der Waals surface area contributed by atoms with Crippen LogP contribution in [0.4, 0.5) is 26.3 Å². The van der Waals surface area contributed by atoms with Crippen LogP contribution in [0.3, 0.4) is 0 Å². The minimum absolute atomic E-state index is 0.0895. The summed E-state index contributed by atoms with van der Waals surface area (Å²) in [6.07, 6.45) is -3.99. The quantitative estimate of drug-likeness (QED) is 0.613. The summed E-state index contributed by atoms with van der Waals surface area (Å²) in [4.78, 5) is 3.72. The van der Waals surface area contributed by atoms with E-state index < -0.39 is 23.5 Å². The number of alkyl halides is 6. The molecular weight excluding hydrogens is 298 g/mol. The molecule has 2 rings (SSSR count). The summed E-state index contributed by atoms with van der Waals surface area (Å²) >= 11 is 0. The van der Waals surface area contributed by atoms with E-state index in [1.54, 1.807) is 0 Å². The van der Waals surface area contributed by atoms with Crippen LogP contribution in [0.1, 0.15) is 16.7 Å². The molecule has 0 atom stereocenters. The van der Waals surface area contributed by atoms with Gasteiger partial charge in [0.25, 0.3) is 0 Å². The van der Waals surface area contributed by atoms with E-state index in [9.17, 15) is 26.3 Å². The highest BCUT2D eigenvalue weighted by Crippen LogP contribution is 2.36. The Morgan fingerprint density at radius 1 is 0.810 bits per heavy atom. The lowest BCUT2D eigenvalue weighted by molar-refractivity contribution is -0.688. The first-order chi connectivity index (χ1) is 9.66. The molecule has 0 unspecified atom stereocenters. The fraction of sp³-hybridized carbons (Fsp3) is 0.231. The first-order valence-corrected chi connectivity index (χ1v) is 5.74. The SMILES string of the molecule is FC(F)(F)c1cc(C[n+]2ccncc2)cc(C(F)(F)F)c1. The van der Waals surface area contributed by atoms with Gasteiger partial charge in [0.1, 0.15) is 0 Å². The van der Waals surface area contributed by atoms with Crippen LogP contribution in [-0.2, 0) is 18.9 Å². The molecule has 2 aromatic rings. The molecule has 0 saturated carbocycles. The van der Waals surface area contributed by atoms with Crippen LogP contribution in [0.25, 0.3) is 0 Å². The van der Waals surface area contributed by atoms with Crippen LogP contribution in [-0.4, -0.2) is 4.98 Å². The molecule has 0 aliphatic rings. The molecule has 0 fully saturated rings. The van der Waals surface area contributed by atoms with Crippen molar-refractivity contribution in [1.82, 2.24) is 4.98 Å². The average molecular weight is 307 g/mol. The van der Waals surface area contributed by atoms with Crippen LogP contribution in [0, 0.1) is 0 Å². The minimum atomic E-state index is -4.83. The molecule has 0 aliphatic carbocycles. The van der Waals surface area contributed by atoms with Gasteiger partial charge in [0.05, 0.1) is 23.5 Å². The second-order valence-electron chi connectivity index (χ2n) is 4.33. The molecule has 0 spiro atoms. The number of rotatable bonds is 2. The number of nitrogens with zero attached hydrogens (tertiary/aromatic N) is 2. The molecule has 21 heavy (non-hydrogen) atoms. The zero-order valence-electron chi connectivity index (χ0n) is 10.4. The summed E-state index contributed by atoms with van der Waals surface area (Å²) in [7, 11) is 0. The van der Waals surface area contributed by atoms with E-state index in [0.717, 1.165) is 0 Å². The van der Waals surface area contributed by atoms with E-state index in [1.165, 1.54) is 29.4 Å². The second-order valence-corrected chi connectivity index (χ2v) is 4.33. The Kier molecular flexibility index (Phi) is 3.89. The predicted octanol–water partition coefficient (Wildman–Crippen LogP) is 3.46. The Hall–Kier alpha value is -2.12. The van der Waals surface area contributed by atoms with Gasteiger partial charge in [0.2, 0.25) is 0 Å². The Morgan fingerprint density at radius 3 is 1.71 bits per heavy atom. The molecular formula is C13H9F6N2+. The van der Waals surface area contributed by atoms with Crippen molar-refractivity contribution >= 4 is 0 Å². The number of hydrogen-bond acceptors (Lipinski definition) is 1. The molecule has 0 amide bonds. The van der Waals surface area contributed by atoms with Crippen molar-refractivity contribution in [3.05, 3.63) is 59.7 Å². The van der Waals surface area contributed by atoms with E-state index in [2.05, 4.69) is 4.98 Å². The van der Waals surface area contributed by atoms with Crippen LogP contribution >= 0.6 is 0 Å². The van der Waals surface area contributed by atoms with Gasteiger partial charge in [-0.25, -0.2) is 0 Å². The topological polar surface area (TPSA) is 16.8 Å². The van der Waals surface area contributed by atoms with Crippen molar-refractivity contribution in [1.29, 1.82) is 0 Å². The second kappa shape index (κ2) is 5.34. The minimum Gasteiger partial charge on any atom is -0.252 e. The first-order valence-electron chi connectivity index (χ1n) is 5.74. The Labute approximate surface area is 115 Å². The third-order valence-electron chi connectivity index (χ3n) is 2.70. The third-order valence-corrected chi connectivity index (χ3v) is 2.70. The maximum Gasteiger partial charge on any atom is 0.416 e. The zero-order chi connectivity index (χ0) is 15.7. The van der Waals surface area contributed by atoms with Crippen molar-refractivity contribution in [2.75, 3.05) is 0 Å². The molecule has 8 heteroatoms. The van der Waals surface area contributed by atoms with Crippen molar-refractivity contribution < 1.29 is 30.9 Å². The monoisotopic (exact) mass is 307 g/mol. The van der Waals surface area contributed by atoms with Gasteiger partial charge in [-0.1, -0.05) is 0 Å². The first kappa shape index (κ1) is 15.3. The number of hydrogen-bond donors (Lipinski definition) is 0. The Morgan fingerprint density at radius 2 is 1.29 bits per heavy atom. The third kappa shape index (κ3) is 3.93. The molecule has 0 N–H and O–H groups in total. The van der Waals surface area contributed by atoms with Gasteiger partial charge in [0.15, 0.2) is 18.9 Å². The molecule has 1 aromatic heterocycles. The summed E-state index contributed by atoms with van der Waals surface area (Å²) in [6, 6.07) is 1.53. The van der Waals surface area contributed by atoms with Crippen molar-refractivity contribution in [3.63, 3.8) is 0 Å². The van der Waals surface area contributed by atoms with Gasteiger partial charge < -0.3 is 0 Å². The largest absolute Gasteiger partial charge is 0.416 e. The molecule has 0 saturated heterocycles. The molecule has 112 valence electrons. The molecule has 0 aliphatic heterocycles. The van der Waals surface area contributed by atoms with Gasteiger partial charge in [-0.15, -0.1) is 0 Å². The Balaban J connectivity index is 2.45. The highest BCUT2D eigenvalue weighted by molar-refractivity contribution is 5.33. The maximum atomic E-state index is 12.7. The summed E-state index contributed by atoms with van der Waals surface area (Å²) < 4.78 is 77.6. The van der Waals surface area contributed by atoms with E-state index in [-0.39, 0.29) is 18.2 Å². The number of aromatic nitrogens is 2. The number of halogens is 6. The smallest absolute Gasteiger partial charge is 0.252 e. The highest BCUT2D eigenvalue weighted by atomic mass is 19.4. The summed E-state index contributed by atoms with van der Waals surface area (Å²) in [6.45, 7) is -0.116.